The smallest absolute Gasteiger partial charge is 0.417 e. The van der Waals surface area contributed by atoms with Crippen LogP contribution < -0.4 is 10.4 Å². The van der Waals surface area contributed by atoms with Gasteiger partial charge in [0.15, 0.2) is 11.5 Å². The zero-order valence-electron chi connectivity index (χ0n) is 9.04. The van der Waals surface area contributed by atoms with Gasteiger partial charge in [-0.2, -0.15) is 13.2 Å². The molecule has 18 heavy (non-hydrogen) atoms. The summed E-state index contributed by atoms with van der Waals surface area (Å²) in [5.74, 6) is -0.547. The Kier molecular flexibility index (Phi) is 2.68. The maximum Gasteiger partial charge on any atom is 0.417 e. The second-order valence-electron chi connectivity index (χ2n) is 3.50. The minimum Gasteiger partial charge on any atom is -0.504 e. The van der Waals surface area contributed by atoms with Crippen molar-refractivity contribution in [3.05, 3.63) is 34.2 Å². The number of hydrogen-bond acceptors (Lipinski definition) is 4. The first kappa shape index (κ1) is 12.3. The molecular weight excluding hydrogens is 253 g/mol. The average Bonchev–Trinajstić information content (AvgIpc) is 2.26. The van der Waals surface area contributed by atoms with Gasteiger partial charge >= 0.3 is 11.8 Å². The van der Waals surface area contributed by atoms with Crippen molar-refractivity contribution in [3.8, 4) is 11.5 Å². The summed E-state index contributed by atoms with van der Waals surface area (Å²) in [6.07, 6.45) is -4.71. The Morgan fingerprint density at radius 2 is 1.94 bits per heavy atom. The summed E-state index contributed by atoms with van der Waals surface area (Å²) in [7, 11) is 1.23. The topological polar surface area (TPSA) is 59.7 Å². The van der Waals surface area contributed by atoms with Crippen LogP contribution in [0.15, 0.2) is 27.4 Å². The van der Waals surface area contributed by atoms with Gasteiger partial charge in [-0.1, -0.05) is 0 Å². The predicted molar refractivity (Wildman–Crippen MR) is 55.7 cm³/mol. The van der Waals surface area contributed by atoms with Gasteiger partial charge < -0.3 is 14.3 Å². The second kappa shape index (κ2) is 3.94. The highest BCUT2D eigenvalue weighted by molar-refractivity contribution is 5.84. The number of phenols is 1. The molecule has 1 N–H and O–H groups in total. The number of fused-ring (bicyclic) bond motifs is 1. The third kappa shape index (κ3) is 1.99. The van der Waals surface area contributed by atoms with Gasteiger partial charge in [-0.25, -0.2) is 4.79 Å². The van der Waals surface area contributed by atoms with E-state index in [-0.39, 0.29) is 11.3 Å². The van der Waals surface area contributed by atoms with Crippen molar-refractivity contribution in [3.63, 3.8) is 0 Å². The molecule has 0 saturated heterocycles. The fourth-order valence-corrected chi connectivity index (χ4v) is 1.58. The number of hydrogen-bond donors (Lipinski definition) is 1. The molecule has 4 nitrogen and oxygen atoms in total. The molecule has 0 bridgehead atoms. The van der Waals surface area contributed by atoms with Crippen LogP contribution in [0.25, 0.3) is 11.0 Å². The van der Waals surface area contributed by atoms with Crippen LogP contribution in [-0.2, 0) is 6.18 Å². The molecule has 0 aliphatic carbocycles. The van der Waals surface area contributed by atoms with Crippen molar-refractivity contribution in [2.24, 2.45) is 0 Å². The Balaban J connectivity index is 2.88. The summed E-state index contributed by atoms with van der Waals surface area (Å²) >= 11 is 0. The van der Waals surface area contributed by atoms with E-state index in [0.717, 1.165) is 12.1 Å². The lowest BCUT2D eigenvalue weighted by molar-refractivity contribution is -0.136. The van der Waals surface area contributed by atoms with Crippen molar-refractivity contribution < 1.29 is 27.4 Å². The number of rotatable bonds is 1. The molecule has 1 aromatic heterocycles. The van der Waals surface area contributed by atoms with Crippen LogP contribution in [0.5, 0.6) is 11.5 Å². The maximum atomic E-state index is 12.7. The number of aromatic hydroxyl groups is 1. The first-order valence-corrected chi connectivity index (χ1v) is 4.75. The monoisotopic (exact) mass is 260 g/mol. The number of alkyl halides is 3. The summed E-state index contributed by atoms with van der Waals surface area (Å²) in [5, 5.41) is 9.05. The molecule has 0 aliphatic heterocycles. The quantitative estimate of drug-likeness (QED) is 0.800. The van der Waals surface area contributed by atoms with Crippen LogP contribution in [0, 0.1) is 0 Å². The third-order valence-corrected chi connectivity index (χ3v) is 2.35. The highest BCUT2D eigenvalue weighted by Gasteiger charge is 2.34. The number of benzene rings is 1. The van der Waals surface area contributed by atoms with Crippen LogP contribution >= 0.6 is 0 Å². The van der Waals surface area contributed by atoms with E-state index in [2.05, 4.69) is 4.42 Å². The molecule has 0 aliphatic rings. The Bertz CT molecular complexity index is 658. The zero-order valence-corrected chi connectivity index (χ0v) is 9.04. The van der Waals surface area contributed by atoms with Crippen LogP contribution in [0.4, 0.5) is 13.2 Å². The van der Waals surface area contributed by atoms with Crippen molar-refractivity contribution in [1.29, 1.82) is 0 Å². The molecule has 1 aromatic carbocycles. The Labute approximate surface area is 98.2 Å². The molecule has 0 atom stereocenters. The Morgan fingerprint density at radius 3 is 2.50 bits per heavy atom. The Morgan fingerprint density at radius 1 is 1.28 bits per heavy atom. The van der Waals surface area contributed by atoms with Crippen molar-refractivity contribution in [2.75, 3.05) is 7.11 Å². The molecule has 0 saturated carbocycles. The molecule has 2 aromatic rings. The van der Waals surface area contributed by atoms with Crippen molar-refractivity contribution in [2.45, 2.75) is 6.18 Å². The van der Waals surface area contributed by atoms with E-state index in [1.165, 1.54) is 7.11 Å². The highest BCUT2D eigenvalue weighted by atomic mass is 19.4. The van der Waals surface area contributed by atoms with Gasteiger partial charge in [0, 0.05) is 17.5 Å². The normalized spacial score (nSPS) is 11.8. The number of phenolic OH excluding ortho intramolecular Hbond substituents is 1. The first-order valence-electron chi connectivity index (χ1n) is 4.75. The van der Waals surface area contributed by atoms with Gasteiger partial charge in [0.1, 0.15) is 5.58 Å². The molecule has 0 amide bonds. The molecule has 0 spiro atoms. The lowest BCUT2D eigenvalue weighted by atomic mass is 10.1. The van der Waals surface area contributed by atoms with Crippen LogP contribution in [-0.4, -0.2) is 12.2 Å². The van der Waals surface area contributed by atoms with Gasteiger partial charge in [0.25, 0.3) is 0 Å². The fourth-order valence-electron chi connectivity index (χ4n) is 1.58. The van der Waals surface area contributed by atoms with E-state index in [1.807, 2.05) is 0 Å². The van der Waals surface area contributed by atoms with E-state index in [9.17, 15) is 23.1 Å². The van der Waals surface area contributed by atoms with Gasteiger partial charge in [0.2, 0.25) is 0 Å². The standard InChI is InChI=1S/C11H7F3O4/c1-17-9-4-8-5(2-7(9)15)6(11(12,13)14)3-10(16)18-8/h2-4,15H,1H3. The summed E-state index contributed by atoms with van der Waals surface area (Å²) in [6, 6.07) is 2.22. The van der Waals surface area contributed by atoms with Gasteiger partial charge in [-0.3, -0.25) is 0 Å². The van der Waals surface area contributed by atoms with Gasteiger partial charge in [0.05, 0.1) is 12.7 Å². The van der Waals surface area contributed by atoms with E-state index in [0.29, 0.717) is 6.07 Å². The summed E-state index contributed by atoms with van der Waals surface area (Å²) in [5.41, 5.74) is -2.58. The average molecular weight is 260 g/mol. The summed E-state index contributed by atoms with van der Waals surface area (Å²) in [4.78, 5) is 11.1. The minimum atomic E-state index is -4.71. The van der Waals surface area contributed by atoms with Crippen molar-refractivity contribution >= 4 is 11.0 Å². The number of methoxy groups -OCH3 is 1. The molecule has 0 fully saturated rings. The second-order valence-corrected chi connectivity index (χ2v) is 3.50. The van der Waals surface area contributed by atoms with E-state index >= 15 is 0 Å². The SMILES string of the molecule is COc1cc2oc(=O)cc(C(F)(F)F)c2cc1O. The largest absolute Gasteiger partial charge is 0.504 e. The lowest BCUT2D eigenvalue weighted by Gasteiger charge is -2.10. The van der Waals surface area contributed by atoms with Crippen LogP contribution in [0.2, 0.25) is 0 Å². The Hall–Kier alpha value is -2.18. The van der Waals surface area contributed by atoms with Crippen LogP contribution in [0.3, 0.4) is 0 Å². The summed E-state index contributed by atoms with van der Waals surface area (Å²) in [6.45, 7) is 0. The van der Waals surface area contributed by atoms with Gasteiger partial charge in [-0.15, -0.1) is 0 Å². The van der Waals surface area contributed by atoms with E-state index < -0.39 is 28.5 Å². The summed E-state index contributed by atoms with van der Waals surface area (Å²) < 4.78 is 47.5. The minimum absolute atomic E-state index is 0.0787. The highest BCUT2D eigenvalue weighted by Crippen LogP contribution is 2.38. The number of ether oxygens (including phenoxy) is 1. The molecule has 2 rings (SSSR count). The maximum absolute atomic E-state index is 12.7. The third-order valence-electron chi connectivity index (χ3n) is 2.35. The first-order chi connectivity index (χ1) is 8.32. The zero-order chi connectivity index (χ0) is 13.5. The van der Waals surface area contributed by atoms with Gasteiger partial charge in [-0.05, 0) is 6.07 Å². The molecule has 0 unspecified atom stereocenters. The predicted octanol–water partition coefficient (Wildman–Crippen LogP) is 2.53. The van der Waals surface area contributed by atoms with E-state index in [4.69, 9.17) is 4.74 Å². The molecule has 1 heterocycles. The van der Waals surface area contributed by atoms with E-state index in [1.54, 1.807) is 0 Å². The molecule has 96 valence electrons. The fraction of sp³-hybridized carbons (Fsp3) is 0.182. The van der Waals surface area contributed by atoms with Crippen LogP contribution in [0.1, 0.15) is 5.56 Å². The molecule has 0 radical (unpaired) electrons. The molecule has 7 heteroatoms. The number of halogens is 3. The van der Waals surface area contributed by atoms with Crippen molar-refractivity contribution in [1.82, 2.24) is 0 Å². The molecular formula is C11H7F3O4. The lowest BCUT2D eigenvalue weighted by Crippen LogP contribution is -2.11.